The molecular weight excluding hydrogens is 393 g/mol. The van der Waals surface area contributed by atoms with Crippen molar-refractivity contribution in [2.45, 2.75) is 20.0 Å². The molecule has 2 aromatic heterocycles. The zero-order chi connectivity index (χ0) is 19.7. The Bertz CT molecular complexity index is 1140. The van der Waals surface area contributed by atoms with Crippen LogP contribution in [0.25, 0.3) is 11.3 Å². The third-order valence-electron chi connectivity index (χ3n) is 4.11. The van der Waals surface area contributed by atoms with Crippen LogP contribution < -0.4 is 11.0 Å². The van der Waals surface area contributed by atoms with E-state index in [4.69, 9.17) is 23.2 Å². The van der Waals surface area contributed by atoms with Gasteiger partial charge >= 0.3 is 5.97 Å². The molecule has 140 valence electrons. The van der Waals surface area contributed by atoms with Gasteiger partial charge in [0, 0.05) is 36.1 Å². The third-order valence-corrected chi connectivity index (χ3v) is 4.85. The van der Waals surface area contributed by atoms with Crippen LogP contribution in [0.1, 0.15) is 23.0 Å². The molecule has 7 nitrogen and oxygen atoms in total. The van der Waals surface area contributed by atoms with Gasteiger partial charge in [0.2, 0.25) is 0 Å². The normalized spacial score (nSPS) is 10.9. The highest BCUT2D eigenvalue weighted by atomic mass is 35.5. The number of aromatic amines is 1. The Labute approximate surface area is 163 Å². The average Bonchev–Trinajstić information content (AvgIpc) is 3.01. The number of benzene rings is 1. The molecule has 9 heteroatoms. The summed E-state index contributed by atoms with van der Waals surface area (Å²) in [6.45, 7) is 2.43. The van der Waals surface area contributed by atoms with E-state index in [1.54, 1.807) is 22.9 Å². The highest BCUT2D eigenvalue weighted by Gasteiger charge is 2.22. The standard InChI is InChI=1S/C18H15Cl2N3O4/c1-2-23-11(9-22-6-5-15(25)21-22)8-14(24)16(18(26)27)17(23)10-3-4-12(19)13(20)7-10/h3-8H,2,9H2,1H3,(H,21,25)(H,26,27). The first-order chi connectivity index (χ1) is 12.8. The Balaban J connectivity index is 2.30. The van der Waals surface area contributed by atoms with Crippen LogP contribution >= 0.6 is 23.2 Å². The lowest BCUT2D eigenvalue weighted by Crippen LogP contribution is -2.24. The molecule has 0 saturated carbocycles. The summed E-state index contributed by atoms with van der Waals surface area (Å²) < 4.78 is 3.23. The van der Waals surface area contributed by atoms with Gasteiger partial charge in [0.25, 0.3) is 5.56 Å². The van der Waals surface area contributed by atoms with Crippen molar-refractivity contribution in [3.05, 3.63) is 78.4 Å². The second kappa shape index (κ2) is 7.46. The molecule has 0 atom stereocenters. The van der Waals surface area contributed by atoms with Crippen molar-refractivity contribution in [3.63, 3.8) is 0 Å². The molecule has 0 unspecified atom stereocenters. The van der Waals surface area contributed by atoms with Crippen molar-refractivity contribution in [1.29, 1.82) is 0 Å². The molecule has 0 spiro atoms. The number of carbonyl (C=O) groups is 1. The molecule has 0 bridgehead atoms. The van der Waals surface area contributed by atoms with E-state index in [0.717, 1.165) is 0 Å². The molecule has 3 rings (SSSR count). The van der Waals surface area contributed by atoms with Gasteiger partial charge in [-0.2, -0.15) is 0 Å². The number of carboxylic acids is 1. The summed E-state index contributed by atoms with van der Waals surface area (Å²) in [5.74, 6) is -1.33. The van der Waals surface area contributed by atoms with E-state index in [1.165, 1.54) is 22.9 Å². The first-order valence-corrected chi connectivity index (χ1v) is 8.78. The molecule has 2 heterocycles. The lowest BCUT2D eigenvalue weighted by Gasteiger charge is -2.20. The monoisotopic (exact) mass is 407 g/mol. The largest absolute Gasteiger partial charge is 0.477 e. The third kappa shape index (κ3) is 3.70. The average molecular weight is 408 g/mol. The van der Waals surface area contributed by atoms with Gasteiger partial charge in [0.1, 0.15) is 5.56 Å². The highest BCUT2D eigenvalue weighted by Crippen LogP contribution is 2.30. The van der Waals surface area contributed by atoms with E-state index >= 15 is 0 Å². The molecule has 0 amide bonds. The second-order valence-electron chi connectivity index (χ2n) is 5.82. The van der Waals surface area contributed by atoms with Crippen LogP contribution in [0.15, 0.2) is 46.1 Å². The maximum absolute atomic E-state index is 12.6. The molecule has 1 aromatic carbocycles. The van der Waals surface area contributed by atoms with Crippen molar-refractivity contribution in [2.75, 3.05) is 0 Å². The highest BCUT2D eigenvalue weighted by molar-refractivity contribution is 6.42. The fourth-order valence-corrected chi connectivity index (χ4v) is 3.28. The fourth-order valence-electron chi connectivity index (χ4n) is 2.98. The fraction of sp³-hybridized carbons (Fsp3) is 0.167. The first kappa shape index (κ1) is 19.0. The summed E-state index contributed by atoms with van der Waals surface area (Å²) in [7, 11) is 0. The van der Waals surface area contributed by atoms with E-state index in [0.29, 0.717) is 22.8 Å². The number of pyridine rings is 1. The SMILES string of the molecule is CCn1c(Cn2ccc(=O)[nH]2)cc(=O)c(C(=O)O)c1-c1ccc(Cl)c(Cl)c1. The first-order valence-electron chi connectivity index (χ1n) is 8.02. The topological polar surface area (TPSA) is 97.1 Å². The number of nitrogens with one attached hydrogen (secondary N) is 1. The molecule has 0 saturated heterocycles. The Kier molecular flexibility index (Phi) is 5.25. The Hall–Kier alpha value is -2.77. The van der Waals surface area contributed by atoms with Crippen molar-refractivity contribution < 1.29 is 9.90 Å². The number of rotatable bonds is 5. The smallest absolute Gasteiger partial charge is 0.341 e. The van der Waals surface area contributed by atoms with E-state index < -0.39 is 11.4 Å². The Morgan fingerprint density at radius 3 is 2.44 bits per heavy atom. The van der Waals surface area contributed by atoms with Crippen LogP contribution in [0, 0.1) is 0 Å². The molecule has 0 aliphatic carbocycles. The zero-order valence-electron chi connectivity index (χ0n) is 14.2. The second-order valence-corrected chi connectivity index (χ2v) is 6.64. The van der Waals surface area contributed by atoms with Gasteiger partial charge in [0.05, 0.1) is 22.3 Å². The number of aromatic carboxylic acids is 1. The molecule has 0 aliphatic rings. The summed E-state index contributed by atoms with van der Waals surface area (Å²) in [6.07, 6.45) is 1.55. The van der Waals surface area contributed by atoms with Gasteiger partial charge in [-0.05, 0) is 19.1 Å². The summed E-state index contributed by atoms with van der Waals surface area (Å²) in [5.41, 5.74) is -0.00499. The van der Waals surface area contributed by atoms with Crippen molar-refractivity contribution in [2.24, 2.45) is 0 Å². The summed E-state index contributed by atoms with van der Waals surface area (Å²) in [6, 6.07) is 7.32. The summed E-state index contributed by atoms with van der Waals surface area (Å²) in [4.78, 5) is 35.7. The van der Waals surface area contributed by atoms with E-state index in [2.05, 4.69) is 5.10 Å². The van der Waals surface area contributed by atoms with Gasteiger partial charge < -0.3 is 9.67 Å². The lowest BCUT2D eigenvalue weighted by molar-refractivity contribution is 0.0695. The number of aromatic nitrogens is 3. The number of carboxylic acid groups (broad SMARTS) is 1. The van der Waals surface area contributed by atoms with Crippen LogP contribution in [0.3, 0.4) is 0 Å². The number of H-pyrrole nitrogens is 1. The predicted octanol–water partition coefficient (Wildman–Crippen LogP) is 3.08. The maximum Gasteiger partial charge on any atom is 0.341 e. The number of hydrogen-bond donors (Lipinski definition) is 2. The minimum atomic E-state index is -1.33. The molecule has 0 aliphatic heterocycles. The van der Waals surface area contributed by atoms with E-state index in [1.807, 2.05) is 6.92 Å². The van der Waals surface area contributed by atoms with Gasteiger partial charge in [-0.15, -0.1) is 0 Å². The number of nitrogens with zero attached hydrogens (tertiary/aromatic N) is 2. The summed E-state index contributed by atoms with van der Waals surface area (Å²) in [5, 5.41) is 12.8. The van der Waals surface area contributed by atoms with E-state index in [9.17, 15) is 19.5 Å². The molecular formula is C18H15Cl2N3O4. The maximum atomic E-state index is 12.6. The van der Waals surface area contributed by atoms with Crippen molar-refractivity contribution >= 4 is 29.2 Å². The quantitative estimate of drug-likeness (QED) is 0.678. The van der Waals surface area contributed by atoms with Gasteiger partial charge in [-0.3, -0.25) is 19.4 Å². The Morgan fingerprint density at radius 2 is 1.89 bits per heavy atom. The van der Waals surface area contributed by atoms with Crippen molar-refractivity contribution in [3.8, 4) is 11.3 Å². The minimum absolute atomic E-state index is 0.194. The molecule has 0 fully saturated rings. The zero-order valence-corrected chi connectivity index (χ0v) is 15.7. The van der Waals surface area contributed by atoms with Crippen molar-refractivity contribution in [1.82, 2.24) is 14.3 Å². The van der Waals surface area contributed by atoms with Crippen LogP contribution in [0.2, 0.25) is 10.0 Å². The minimum Gasteiger partial charge on any atom is -0.477 e. The van der Waals surface area contributed by atoms with Gasteiger partial charge in [0.15, 0.2) is 5.43 Å². The lowest BCUT2D eigenvalue weighted by atomic mass is 10.0. The summed E-state index contributed by atoms with van der Waals surface area (Å²) >= 11 is 12.1. The molecule has 27 heavy (non-hydrogen) atoms. The van der Waals surface area contributed by atoms with Crippen LogP contribution in [-0.2, 0) is 13.1 Å². The van der Waals surface area contributed by atoms with Gasteiger partial charge in [-0.25, -0.2) is 4.79 Å². The molecule has 3 aromatic rings. The Morgan fingerprint density at radius 1 is 1.15 bits per heavy atom. The predicted molar refractivity (Wildman–Crippen MR) is 103 cm³/mol. The molecule has 2 N–H and O–H groups in total. The van der Waals surface area contributed by atoms with E-state index in [-0.39, 0.29) is 28.4 Å². The van der Waals surface area contributed by atoms with Crippen LogP contribution in [-0.4, -0.2) is 25.4 Å². The molecule has 0 radical (unpaired) electrons. The van der Waals surface area contributed by atoms with Gasteiger partial charge in [-0.1, -0.05) is 29.3 Å². The number of halogens is 2. The van der Waals surface area contributed by atoms with Crippen LogP contribution in [0.4, 0.5) is 0 Å². The number of hydrogen-bond acceptors (Lipinski definition) is 3. The van der Waals surface area contributed by atoms with Crippen LogP contribution in [0.5, 0.6) is 0 Å².